The summed E-state index contributed by atoms with van der Waals surface area (Å²) in [5.41, 5.74) is 1.30. The van der Waals surface area contributed by atoms with Crippen molar-refractivity contribution in [2.75, 3.05) is 32.8 Å². The number of hydrogen-bond acceptors (Lipinski definition) is 5. The summed E-state index contributed by atoms with van der Waals surface area (Å²) in [6.45, 7) is 1.88. The van der Waals surface area contributed by atoms with Crippen LogP contribution in [0.4, 0.5) is 0 Å². The lowest BCUT2D eigenvalue weighted by atomic mass is 9.90. The second-order valence-corrected chi connectivity index (χ2v) is 9.29. The lowest BCUT2D eigenvalue weighted by molar-refractivity contribution is -0.135. The highest BCUT2D eigenvalue weighted by Gasteiger charge is 2.59. The molecule has 178 valence electrons. The Morgan fingerprint density at radius 3 is 2.57 bits per heavy atom. The van der Waals surface area contributed by atoms with Gasteiger partial charge in [0.25, 0.3) is 5.91 Å². The zero-order valence-electron chi connectivity index (χ0n) is 18.9. The van der Waals surface area contributed by atoms with E-state index in [1.807, 2.05) is 60.7 Å². The van der Waals surface area contributed by atoms with Crippen LogP contribution in [-0.4, -0.2) is 60.5 Å². The van der Waals surface area contributed by atoms with Crippen molar-refractivity contribution in [3.63, 3.8) is 0 Å². The summed E-state index contributed by atoms with van der Waals surface area (Å²) in [6, 6.07) is 22.5. The fourth-order valence-electron chi connectivity index (χ4n) is 5.38. The van der Waals surface area contributed by atoms with Gasteiger partial charge in [-0.15, -0.1) is 0 Å². The van der Waals surface area contributed by atoms with Crippen molar-refractivity contribution in [1.82, 2.24) is 15.1 Å². The quantitative estimate of drug-likeness (QED) is 0.595. The third kappa shape index (κ3) is 3.46. The maximum atomic E-state index is 13.6. The molecule has 3 aromatic rings. The molecule has 6 rings (SSSR count). The molecule has 8 heteroatoms. The summed E-state index contributed by atoms with van der Waals surface area (Å²) < 4.78 is 11.8. The summed E-state index contributed by atoms with van der Waals surface area (Å²) in [5, 5.41) is 3.83. The van der Waals surface area contributed by atoms with Gasteiger partial charge in [0, 0.05) is 41.3 Å². The fourth-order valence-corrected chi connectivity index (χ4v) is 5.51. The molecule has 0 radical (unpaired) electrons. The number of benzene rings is 3. The van der Waals surface area contributed by atoms with Crippen molar-refractivity contribution < 1.29 is 19.1 Å². The molecule has 1 fully saturated rings. The van der Waals surface area contributed by atoms with Gasteiger partial charge < -0.3 is 24.6 Å². The second-order valence-electron chi connectivity index (χ2n) is 8.86. The van der Waals surface area contributed by atoms with Crippen molar-refractivity contribution in [1.29, 1.82) is 0 Å². The van der Waals surface area contributed by atoms with Crippen LogP contribution in [0, 0.1) is 0 Å². The maximum absolute atomic E-state index is 13.6. The zero-order chi connectivity index (χ0) is 24.0. The van der Waals surface area contributed by atoms with Crippen LogP contribution < -0.4 is 14.8 Å². The molecule has 2 atom stereocenters. The van der Waals surface area contributed by atoms with Gasteiger partial charge in [-0.3, -0.25) is 9.59 Å². The maximum Gasteiger partial charge on any atom is 0.256 e. The summed E-state index contributed by atoms with van der Waals surface area (Å²) in [4.78, 5) is 30.6. The average Bonchev–Trinajstić information content (AvgIpc) is 3.40. The molecule has 3 aliphatic rings. The predicted octanol–water partition coefficient (Wildman–Crippen LogP) is 3.27. The molecule has 3 aliphatic heterocycles. The lowest BCUT2D eigenvalue weighted by Crippen LogP contribution is -2.54. The Bertz CT molecular complexity index is 1300. The Hall–Kier alpha value is -3.55. The highest BCUT2D eigenvalue weighted by molar-refractivity contribution is 6.30. The van der Waals surface area contributed by atoms with Crippen LogP contribution in [0.5, 0.6) is 11.5 Å². The van der Waals surface area contributed by atoms with Crippen LogP contribution in [0.1, 0.15) is 21.5 Å². The van der Waals surface area contributed by atoms with E-state index in [0.717, 1.165) is 16.9 Å². The van der Waals surface area contributed by atoms with Gasteiger partial charge in [-0.1, -0.05) is 54.1 Å². The largest absolute Gasteiger partial charge is 0.486 e. The van der Waals surface area contributed by atoms with E-state index in [4.69, 9.17) is 21.1 Å². The van der Waals surface area contributed by atoms with Crippen molar-refractivity contribution in [2.24, 2.45) is 0 Å². The molecule has 0 aliphatic carbocycles. The van der Waals surface area contributed by atoms with Gasteiger partial charge in [-0.05, 0) is 30.3 Å². The Labute approximate surface area is 208 Å². The van der Waals surface area contributed by atoms with E-state index >= 15 is 0 Å². The summed E-state index contributed by atoms with van der Waals surface area (Å²) in [5.74, 6) is 1.27. The monoisotopic (exact) mass is 489 g/mol. The van der Waals surface area contributed by atoms with E-state index in [1.165, 1.54) is 0 Å². The topological polar surface area (TPSA) is 71.1 Å². The van der Waals surface area contributed by atoms with Crippen LogP contribution in [0.2, 0.25) is 5.02 Å². The van der Waals surface area contributed by atoms with Crippen LogP contribution in [-0.2, 0) is 10.5 Å². The Morgan fingerprint density at radius 1 is 1.00 bits per heavy atom. The number of carbonyl (C=O) groups is 2. The molecule has 3 heterocycles. The van der Waals surface area contributed by atoms with E-state index in [1.54, 1.807) is 21.9 Å². The first kappa shape index (κ1) is 21.9. The minimum atomic E-state index is -0.986. The van der Waals surface area contributed by atoms with E-state index in [9.17, 15) is 9.59 Å². The Balaban J connectivity index is 1.24. The highest BCUT2D eigenvalue weighted by Crippen LogP contribution is 2.49. The molecular weight excluding hydrogens is 466 g/mol. The molecule has 35 heavy (non-hydrogen) atoms. The number of amides is 2. The van der Waals surface area contributed by atoms with Crippen LogP contribution in [0.3, 0.4) is 0 Å². The van der Waals surface area contributed by atoms with Gasteiger partial charge in [0.2, 0.25) is 5.91 Å². The SMILES string of the molecule is O=C(CNCC1COc2ccccc2O1)N1CCN2C(=O)c3ccccc3C12c1ccc(Cl)cc1. The third-order valence-corrected chi connectivity index (χ3v) is 7.12. The number of carbonyl (C=O) groups excluding carboxylic acids is 2. The van der Waals surface area contributed by atoms with Crippen molar-refractivity contribution in [3.05, 3.63) is 94.5 Å². The molecule has 3 aromatic carbocycles. The number of fused-ring (bicyclic) bond motifs is 4. The zero-order valence-corrected chi connectivity index (χ0v) is 19.7. The number of ether oxygens (including phenoxy) is 2. The van der Waals surface area contributed by atoms with Crippen LogP contribution >= 0.6 is 11.6 Å². The van der Waals surface area contributed by atoms with Gasteiger partial charge in [0.15, 0.2) is 17.2 Å². The predicted molar refractivity (Wildman–Crippen MR) is 131 cm³/mol. The number of nitrogens with one attached hydrogen (secondary N) is 1. The van der Waals surface area contributed by atoms with E-state index in [0.29, 0.717) is 42.6 Å². The summed E-state index contributed by atoms with van der Waals surface area (Å²) in [6.07, 6.45) is -0.202. The first-order valence-corrected chi connectivity index (χ1v) is 12.0. The Morgan fingerprint density at radius 2 is 1.74 bits per heavy atom. The number of rotatable bonds is 5. The molecule has 7 nitrogen and oxygen atoms in total. The van der Waals surface area contributed by atoms with E-state index in [-0.39, 0.29) is 24.5 Å². The molecular formula is C27H24ClN3O4. The van der Waals surface area contributed by atoms with Gasteiger partial charge in [-0.25, -0.2) is 0 Å². The first-order chi connectivity index (χ1) is 17.1. The summed E-state index contributed by atoms with van der Waals surface area (Å²) in [7, 11) is 0. The lowest BCUT2D eigenvalue weighted by Gasteiger charge is -2.40. The van der Waals surface area contributed by atoms with Crippen LogP contribution in [0.25, 0.3) is 0 Å². The molecule has 0 aromatic heterocycles. The highest BCUT2D eigenvalue weighted by atomic mass is 35.5. The smallest absolute Gasteiger partial charge is 0.256 e. The molecule has 0 bridgehead atoms. The van der Waals surface area contributed by atoms with Crippen molar-refractivity contribution >= 4 is 23.4 Å². The van der Waals surface area contributed by atoms with Gasteiger partial charge >= 0.3 is 0 Å². The van der Waals surface area contributed by atoms with E-state index in [2.05, 4.69) is 5.32 Å². The Kier molecular flexibility index (Phi) is 5.39. The van der Waals surface area contributed by atoms with Gasteiger partial charge in [-0.2, -0.15) is 0 Å². The molecule has 2 amide bonds. The van der Waals surface area contributed by atoms with Crippen molar-refractivity contribution in [2.45, 2.75) is 11.8 Å². The van der Waals surface area contributed by atoms with Gasteiger partial charge in [0.05, 0.1) is 6.54 Å². The summed E-state index contributed by atoms with van der Waals surface area (Å²) >= 11 is 6.17. The standard InChI is InChI=1S/C27H24ClN3O4/c28-19-11-9-18(10-12-19)27-22-6-2-1-5-21(22)26(33)31(27)14-13-30(27)25(32)16-29-15-20-17-34-23-7-3-4-8-24(23)35-20/h1-12,20,29H,13-17H2. The first-order valence-electron chi connectivity index (χ1n) is 11.7. The molecule has 1 saturated heterocycles. The average molecular weight is 490 g/mol. The number of para-hydroxylation sites is 2. The van der Waals surface area contributed by atoms with Crippen molar-refractivity contribution in [3.8, 4) is 11.5 Å². The fraction of sp³-hybridized carbons (Fsp3) is 0.259. The molecule has 0 saturated carbocycles. The normalized spacial score (nSPS) is 22.2. The van der Waals surface area contributed by atoms with Crippen LogP contribution in [0.15, 0.2) is 72.8 Å². The number of nitrogens with zero attached hydrogens (tertiary/aromatic N) is 2. The third-order valence-electron chi connectivity index (χ3n) is 6.87. The van der Waals surface area contributed by atoms with Gasteiger partial charge in [0.1, 0.15) is 12.7 Å². The molecule has 2 unspecified atom stereocenters. The molecule has 0 spiro atoms. The minimum Gasteiger partial charge on any atom is -0.486 e. The molecule has 1 N–H and O–H groups in total. The second kappa shape index (κ2) is 8.59. The minimum absolute atomic E-state index is 0.0646. The van der Waals surface area contributed by atoms with E-state index < -0.39 is 5.66 Å². The number of hydrogen-bond donors (Lipinski definition) is 1. The number of halogens is 1.